The van der Waals surface area contributed by atoms with Gasteiger partial charge in [-0.05, 0) is 54.4 Å². The van der Waals surface area contributed by atoms with Crippen molar-refractivity contribution in [1.82, 2.24) is 20.5 Å². The normalized spacial score (nSPS) is 21.2. The van der Waals surface area contributed by atoms with E-state index in [-0.39, 0.29) is 38.3 Å². The molecule has 10 heteroatoms. The Morgan fingerprint density at radius 1 is 1.26 bits per heavy atom. The minimum atomic E-state index is -1.92. The molecule has 2 aromatic rings. The third-order valence-corrected chi connectivity index (χ3v) is 8.37. The highest BCUT2D eigenvalue weighted by atomic mass is 32.1. The molecule has 3 N–H and O–H groups in total. The SMILES string of the molecule is CCc1cc(-c2scnc2C)ccc1CNC(=O)C1CC(O)CN1C(=O)C(NC(=O)C1(F)CC1)C(C)(C)C. The van der Waals surface area contributed by atoms with E-state index < -0.39 is 41.1 Å². The van der Waals surface area contributed by atoms with Crippen LogP contribution in [-0.2, 0) is 27.3 Å². The van der Waals surface area contributed by atoms with Crippen LogP contribution in [0.1, 0.15) is 63.8 Å². The Hall–Kier alpha value is -2.85. The standard InChI is InChI=1S/C28H37FN4O4S/c1-6-17-11-18(22-16(2)31-15-38-22)7-8-19(17)13-30-24(35)21-12-20(34)14-33(21)25(36)23(27(3,4)5)32-26(37)28(29)9-10-28/h7-8,11,15,20-21,23,34H,6,9-10,12-14H2,1-5H3,(H,30,35)(H,32,37). The molecule has 1 aromatic heterocycles. The lowest BCUT2D eigenvalue weighted by molar-refractivity contribution is -0.145. The van der Waals surface area contributed by atoms with Crippen molar-refractivity contribution < 1.29 is 23.9 Å². The van der Waals surface area contributed by atoms with Crippen LogP contribution < -0.4 is 10.6 Å². The molecule has 2 aliphatic rings. The van der Waals surface area contributed by atoms with Gasteiger partial charge in [0.2, 0.25) is 11.8 Å². The topological polar surface area (TPSA) is 112 Å². The van der Waals surface area contributed by atoms with Crippen molar-refractivity contribution >= 4 is 29.1 Å². The lowest BCUT2D eigenvalue weighted by Crippen LogP contribution is -2.59. The number of carbonyl (C=O) groups is 3. The van der Waals surface area contributed by atoms with Crippen LogP contribution in [0.5, 0.6) is 0 Å². The number of benzene rings is 1. The van der Waals surface area contributed by atoms with Gasteiger partial charge in [-0.15, -0.1) is 11.3 Å². The van der Waals surface area contributed by atoms with E-state index in [2.05, 4.69) is 28.6 Å². The smallest absolute Gasteiger partial charge is 0.258 e. The predicted octanol–water partition coefficient (Wildman–Crippen LogP) is 3.29. The zero-order valence-electron chi connectivity index (χ0n) is 22.6. The minimum Gasteiger partial charge on any atom is -0.391 e. The van der Waals surface area contributed by atoms with Crippen LogP contribution in [0.3, 0.4) is 0 Å². The second-order valence-corrected chi connectivity index (χ2v) is 12.3. The van der Waals surface area contributed by atoms with Crippen molar-refractivity contribution in [3.05, 3.63) is 40.5 Å². The van der Waals surface area contributed by atoms with Gasteiger partial charge in [0.15, 0.2) is 5.67 Å². The van der Waals surface area contributed by atoms with Crippen molar-refractivity contribution in [2.75, 3.05) is 6.54 Å². The van der Waals surface area contributed by atoms with E-state index in [1.165, 1.54) is 4.90 Å². The monoisotopic (exact) mass is 544 g/mol. The third-order valence-electron chi connectivity index (χ3n) is 7.40. The predicted molar refractivity (Wildman–Crippen MR) is 144 cm³/mol. The van der Waals surface area contributed by atoms with Gasteiger partial charge in [-0.2, -0.15) is 0 Å². The molecule has 1 aliphatic heterocycles. The first-order chi connectivity index (χ1) is 17.8. The first-order valence-corrected chi connectivity index (χ1v) is 14.0. The fourth-order valence-corrected chi connectivity index (χ4v) is 5.67. The maximum absolute atomic E-state index is 14.4. The van der Waals surface area contributed by atoms with Crippen molar-refractivity contribution in [2.45, 2.75) is 90.7 Å². The molecule has 0 bridgehead atoms. The summed E-state index contributed by atoms with van der Waals surface area (Å²) in [6.07, 6.45) is 0.297. The van der Waals surface area contributed by atoms with E-state index in [0.29, 0.717) is 0 Å². The number of aromatic nitrogens is 1. The number of halogens is 1. The molecule has 2 fully saturated rings. The summed E-state index contributed by atoms with van der Waals surface area (Å²) >= 11 is 1.59. The summed E-state index contributed by atoms with van der Waals surface area (Å²) in [5.74, 6) is -1.66. The number of alkyl halides is 1. The van der Waals surface area contributed by atoms with Crippen molar-refractivity contribution in [3.63, 3.8) is 0 Å². The molecule has 1 saturated carbocycles. The van der Waals surface area contributed by atoms with Gasteiger partial charge in [-0.3, -0.25) is 14.4 Å². The average molecular weight is 545 g/mol. The zero-order chi connectivity index (χ0) is 27.8. The van der Waals surface area contributed by atoms with Crippen LogP contribution in [-0.4, -0.2) is 63.1 Å². The average Bonchev–Trinajstić information content (AvgIpc) is 3.28. The zero-order valence-corrected chi connectivity index (χ0v) is 23.5. The molecule has 2 heterocycles. The number of aliphatic hydroxyl groups excluding tert-OH is 1. The van der Waals surface area contributed by atoms with Crippen LogP contribution in [0.25, 0.3) is 10.4 Å². The maximum atomic E-state index is 14.4. The number of aliphatic hydroxyl groups is 1. The molecule has 8 nitrogen and oxygen atoms in total. The summed E-state index contributed by atoms with van der Waals surface area (Å²) in [6, 6.07) is 4.22. The first-order valence-electron chi connectivity index (χ1n) is 13.1. The van der Waals surface area contributed by atoms with E-state index in [1.54, 1.807) is 32.1 Å². The largest absolute Gasteiger partial charge is 0.391 e. The second kappa shape index (κ2) is 10.7. The molecular weight excluding hydrogens is 507 g/mol. The Labute approximate surface area is 227 Å². The Kier molecular flexibility index (Phi) is 7.95. The molecule has 3 unspecified atom stereocenters. The van der Waals surface area contributed by atoms with Crippen molar-refractivity contribution in [1.29, 1.82) is 0 Å². The van der Waals surface area contributed by atoms with E-state index in [0.717, 1.165) is 33.7 Å². The highest BCUT2D eigenvalue weighted by Gasteiger charge is 2.53. The van der Waals surface area contributed by atoms with Gasteiger partial charge in [0.25, 0.3) is 5.91 Å². The van der Waals surface area contributed by atoms with Crippen LogP contribution in [0.4, 0.5) is 4.39 Å². The van der Waals surface area contributed by atoms with Gasteiger partial charge in [-0.1, -0.05) is 39.8 Å². The van der Waals surface area contributed by atoms with Gasteiger partial charge in [0.1, 0.15) is 12.1 Å². The van der Waals surface area contributed by atoms with Crippen molar-refractivity contribution in [2.24, 2.45) is 5.41 Å². The number of hydrogen-bond acceptors (Lipinski definition) is 6. The number of amides is 3. The Morgan fingerprint density at radius 2 is 1.97 bits per heavy atom. The molecule has 3 atom stereocenters. The Balaban J connectivity index is 1.47. The number of β-amino-alcohol motifs (C(OH)–C–C–N with tert-alkyl or cyclic N) is 1. The van der Waals surface area contributed by atoms with E-state index >= 15 is 0 Å². The van der Waals surface area contributed by atoms with Crippen LogP contribution in [0, 0.1) is 12.3 Å². The summed E-state index contributed by atoms with van der Waals surface area (Å²) in [6.45, 7) is 9.62. The third kappa shape index (κ3) is 5.91. The number of hydrogen-bond donors (Lipinski definition) is 3. The quantitative estimate of drug-likeness (QED) is 0.472. The van der Waals surface area contributed by atoms with E-state index in [4.69, 9.17) is 0 Å². The fraction of sp³-hybridized carbons (Fsp3) is 0.571. The lowest BCUT2D eigenvalue weighted by atomic mass is 9.85. The van der Waals surface area contributed by atoms with Gasteiger partial charge < -0.3 is 20.6 Å². The van der Waals surface area contributed by atoms with Gasteiger partial charge in [0, 0.05) is 19.5 Å². The summed E-state index contributed by atoms with van der Waals surface area (Å²) in [5.41, 5.74) is 3.32. The fourth-order valence-electron chi connectivity index (χ4n) is 4.87. The highest BCUT2D eigenvalue weighted by molar-refractivity contribution is 7.13. The molecule has 4 rings (SSSR count). The molecule has 38 heavy (non-hydrogen) atoms. The van der Waals surface area contributed by atoms with Gasteiger partial charge in [-0.25, -0.2) is 9.37 Å². The molecule has 1 aromatic carbocycles. The summed E-state index contributed by atoms with van der Waals surface area (Å²) in [4.78, 5) is 46.1. The minimum absolute atomic E-state index is 0.0246. The number of rotatable bonds is 8. The molecule has 1 aliphatic carbocycles. The van der Waals surface area contributed by atoms with Crippen molar-refractivity contribution in [3.8, 4) is 10.4 Å². The number of aryl methyl sites for hydroxylation is 2. The lowest BCUT2D eigenvalue weighted by Gasteiger charge is -2.35. The van der Waals surface area contributed by atoms with E-state index in [1.807, 2.05) is 24.6 Å². The molecule has 1 saturated heterocycles. The molecule has 0 radical (unpaired) electrons. The summed E-state index contributed by atoms with van der Waals surface area (Å²) < 4.78 is 14.4. The highest BCUT2D eigenvalue weighted by Crippen LogP contribution is 2.40. The van der Waals surface area contributed by atoms with Crippen LogP contribution >= 0.6 is 11.3 Å². The number of nitrogens with one attached hydrogen (secondary N) is 2. The van der Waals surface area contributed by atoms with Crippen LogP contribution in [0.15, 0.2) is 23.7 Å². The van der Waals surface area contributed by atoms with E-state index in [9.17, 15) is 23.9 Å². The first kappa shape index (κ1) is 28.2. The summed E-state index contributed by atoms with van der Waals surface area (Å²) in [5, 5.41) is 15.9. The number of likely N-dealkylation sites (tertiary alicyclic amines) is 1. The number of carbonyl (C=O) groups excluding carboxylic acids is 3. The molecule has 0 spiro atoms. The number of thiazole rings is 1. The number of nitrogens with zero attached hydrogens (tertiary/aromatic N) is 2. The molecule has 3 amide bonds. The Morgan fingerprint density at radius 3 is 2.55 bits per heavy atom. The molecule has 206 valence electrons. The van der Waals surface area contributed by atoms with Crippen LogP contribution in [0.2, 0.25) is 0 Å². The molecular formula is C28H37FN4O4S. The maximum Gasteiger partial charge on any atom is 0.258 e. The Bertz CT molecular complexity index is 1220. The van der Waals surface area contributed by atoms with Gasteiger partial charge >= 0.3 is 0 Å². The second-order valence-electron chi connectivity index (χ2n) is 11.5. The van der Waals surface area contributed by atoms with Gasteiger partial charge in [0.05, 0.1) is 22.2 Å². The summed E-state index contributed by atoms with van der Waals surface area (Å²) in [7, 11) is 0.